The lowest BCUT2D eigenvalue weighted by Gasteiger charge is -2.16. The predicted molar refractivity (Wildman–Crippen MR) is 103 cm³/mol. The van der Waals surface area contributed by atoms with Crippen LogP contribution in [0.15, 0.2) is 47.4 Å². The lowest BCUT2D eigenvalue weighted by atomic mass is 10.1. The third-order valence-electron chi connectivity index (χ3n) is 3.97. The lowest BCUT2D eigenvalue weighted by Crippen LogP contribution is -2.28. The highest BCUT2D eigenvalue weighted by atomic mass is 32.2. The third kappa shape index (κ3) is 4.96. The minimum Gasteiger partial charge on any atom is -0.478 e. The van der Waals surface area contributed by atoms with Gasteiger partial charge in [0.25, 0.3) is 5.91 Å². The van der Waals surface area contributed by atoms with Crippen molar-refractivity contribution in [2.24, 2.45) is 0 Å². The van der Waals surface area contributed by atoms with E-state index in [-0.39, 0.29) is 40.2 Å². The van der Waals surface area contributed by atoms with Crippen molar-refractivity contribution in [1.82, 2.24) is 4.31 Å². The molecule has 0 heterocycles. The summed E-state index contributed by atoms with van der Waals surface area (Å²) < 4.78 is 26.1. The number of amides is 1. The van der Waals surface area contributed by atoms with E-state index in [0.717, 1.165) is 16.4 Å². The largest absolute Gasteiger partial charge is 0.478 e. The first-order chi connectivity index (χ1) is 13.7. The monoisotopic (exact) mass is 412 g/mol. The Hall–Kier alpha value is -3.73. The zero-order chi connectivity index (χ0) is 21.6. The number of carbonyl (C=O) groups is 2. The van der Waals surface area contributed by atoms with E-state index in [9.17, 15) is 23.1 Å². The minimum absolute atomic E-state index is 0.000423. The van der Waals surface area contributed by atoms with Crippen LogP contribution in [0.4, 0.5) is 5.69 Å². The Labute approximate surface area is 167 Å². The van der Waals surface area contributed by atoms with Gasteiger partial charge in [0, 0.05) is 25.6 Å². The van der Waals surface area contributed by atoms with E-state index in [1.807, 2.05) is 12.1 Å². The molecule has 0 unspecified atom stereocenters. The Balaban J connectivity index is 2.33. The Morgan fingerprint density at radius 1 is 1.17 bits per heavy atom. The zero-order valence-electron chi connectivity index (χ0n) is 15.3. The van der Waals surface area contributed by atoms with Crippen molar-refractivity contribution >= 4 is 27.6 Å². The molecule has 0 aliphatic heterocycles. The maximum Gasteiger partial charge on any atom is 0.337 e. The van der Waals surface area contributed by atoms with Crippen LogP contribution >= 0.6 is 0 Å². The molecule has 148 valence electrons. The topological polar surface area (TPSA) is 151 Å². The van der Waals surface area contributed by atoms with Gasteiger partial charge in [0.1, 0.15) is 0 Å². The molecule has 10 heteroatoms. The predicted octanol–water partition coefficient (Wildman–Crippen LogP) is 2.04. The van der Waals surface area contributed by atoms with Crippen LogP contribution in [0.3, 0.4) is 0 Å². The highest BCUT2D eigenvalue weighted by Crippen LogP contribution is 2.20. The van der Waals surface area contributed by atoms with Crippen molar-refractivity contribution in [3.63, 3.8) is 0 Å². The lowest BCUT2D eigenvalue weighted by molar-refractivity contribution is 0.0698. The molecule has 29 heavy (non-hydrogen) atoms. The summed E-state index contributed by atoms with van der Waals surface area (Å²) >= 11 is 0. The molecule has 2 rings (SSSR count). The number of carboxylic acids is 1. The van der Waals surface area contributed by atoms with Crippen LogP contribution in [0.25, 0.3) is 0 Å². The summed E-state index contributed by atoms with van der Waals surface area (Å²) in [4.78, 5) is 23.8. The first kappa shape index (κ1) is 21.6. The molecular weight excluding hydrogens is 396 g/mol. The summed E-state index contributed by atoms with van der Waals surface area (Å²) in [7, 11) is -2.57. The zero-order valence-corrected chi connectivity index (χ0v) is 16.1. The number of aromatic carboxylic acids is 1. The Morgan fingerprint density at radius 2 is 1.90 bits per heavy atom. The van der Waals surface area contributed by atoms with Crippen molar-refractivity contribution < 1.29 is 23.1 Å². The number of carbonyl (C=O) groups excluding carboxylic acids is 1. The summed E-state index contributed by atoms with van der Waals surface area (Å²) in [6.07, 6.45) is 0.0204. The fourth-order valence-corrected chi connectivity index (χ4v) is 3.62. The summed E-state index contributed by atoms with van der Waals surface area (Å²) in [5.41, 5.74) is -0.173. The second-order valence-corrected chi connectivity index (χ2v) is 7.94. The molecule has 0 aliphatic carbocycles. The molecule has 0 saturated carbocycles. The van der Waals surface area contributed by atoms with E-state index in [4.69, 9.17) is 10.5 Å². The average Bonchev–Trinajstić information content (AvgIpc) is 2.72. The Bertz CT molecular complexity index is 1150. The van der Waals surface area contributed by atoms with Gasteiger partial charge in [0.05, 0.1) is 33.8 Å². The number of hydrogen-bond acceptors (Lipinski definition) is 6. The molecule has 0 fully saturated rings. The number of benzene rings is 2. The van der Waals surface area contributed by atoms with Crippen molar-refractivity contribution in [3.05, 3.63) is 59.2 Å². The van der Waals surface area contributed by atoms with Crippen molar-refractivity contribution in [2.75, 3.05) is 18.9 Å². The third-order valence-corrected chi connectivity index (χ3v) is 5.82. The van der Waals surface area contributed by atoms with Gasteiger partial charge in [-0.15, -0.1) is 0 Å². The van der Waals surface area contributed by atoms with Crippen LogP contribution in [-0.2, 0) is 10.0 Å². The molecular formula is C19H16N4O5S. The Morgan fingerprint density at radius 3 is 2.52 bits per heavy atom. The maximum atomic E-state index is 12.6. The van der Waals surface area contributed by atoms with E-state index < -0.39 is 21.9 Å². The van der Waals surface area contributed by atoms with Gasteiger partial charge < -0.3 is 10.4 Å². The summed E-state index contributed by atoms with van der Waals surface area (Å²) in [5, 5.41) is 29.2. The molecule has 2 aromatic carbocycles. The minimum atomic E-state index is -3.90. The molecule has 0 atom stereocenters. The molecule has 0 aliphatic rings. The quantitative estimate of drug-likeness (QED) is 0.706. The first-order valence-corrected chi connectivity index (χ1v) is 9.67. The number of anilines is 1. The molecule has 0 saturated heterocycles. The van der Waals surface area contributed by atoms with Crippen LogP contribution < -0.4 is 5.32 Å². The smallest absolute Gasteiger partial charge is 0.337 e. The van der Waals surface area contributed by atoms with Crippen LogP contribution in [0.5, 0.6) is 0 Å². The molecule has 1 amide bonds. The standard InChI is InChI=1S/C19H16N4O5S/c1-23(9-3-8-20)29(27,28)15-5-2-4-14(11-15)18(24)22-17-7-6-13(12-21)10-16(17)19(25)26/h2,4-7,10-11H,3,9H2,1H3,(H,22,24)(H,25,26). The molecule has 0 bridgehead atoms. The SMILES string of the molecule is CN(CCC#N)S(=O)(=O)c1cccc(C(=O)Nc2ccc(C#N)cc2C(=O)O)c1. The van der Waals surface area contributed by atoms with Crippen LogP contribution in [0.1, 0.15) is 32.7 Å². The number of nitrogens with zero attached hydrogens (tertiary/aromatic N) is 3. The van der Waals surface area contributed by atoms with Crippen molar-refractivity contribution in [2.45, 2.75) is 11.3 Å². The van der Waals surface area contributed by atoms with E-state index in [0.29, 0.717) is 0 Å². The van der Waals surface area contributed by atoms with Gasteiger partial charge in [-0.25, -0.2) is 13.2 Å². The van der Waals surface area contributed by atoms with Gasteiger partial charge in [-0.3, -0.25) is 4.79 Å². The molecule has 0 radical (unpaired) electrons. The van der Waals surface area contributed by atoms with Gasteiger partial charge in [-0.1, -0.05) is 6.07 Å². The Kier molecular flexibility index (Phi) is 6.67. The maximum absolute atomic E-state index is 12.6. The summed E-state index contributed by atoms with van der Waals surface area (Å²) in [6.45, 7) is 0.00245. The van der Waals surface area contributed by atoms with Crippen LogP contribution in [-0.4, -0.2) is 43.3 Å². The first-order valence-electron chi connectivity index (χ1n) is 8.23. The van der Waals surface area contributed by atoms with Gasteiger partial charge in [0.15, 0.2) is 0 Å². The summed E-state index contributed by atoms with van der Waals surface area (Å²) in [6, 6.07) is 12.7. The number of hydrogen-bond donors (Lipinski definition) is 2. The van der Waals surface area contributed by atoms with E-state index in [2.05, 4.69) is 5.32 Å². The van der Waals surface area contributed by atoms with Crippen LogP contribution in [0.2, 0.25) is 0 Å². The van der Waals surface area contributed by atoms with Gasteiger partial charge in [-0.05, 0) is 36.4 Å². The fourth-order valence-electron chi connectivity index (χ4n) is 2.40. The molecule has 9 nitrogen and oxygen atoms in total. The van der Waals surface area contributed by atoms with Crippen LogP contribution in [0, 0.1) is 22.7 Å². The average molecular weight is 412 g/mol. The van der Waals surface area contributed by atoms with Gasteiger partial charge in [0.2, 0.25) is 10.0 Å². The number of sulfonamides is 1. The normalized spacial score (nSPS) is 10.8. The highest BCUT2D eigenvalue weighted by Gasteiger charge is 2.22. The second-order valence-electron chi connectivity index (χ2n) is 5.89. The number of nitrogens with one attached hydrogen (secondary N) is 1. The van der Waals surface area contributed by atoms with E-state index in [1.165, 1.54) is 37.4 Å². The molecule has 2 aromatic rings. The van der Waals surface area contributed by atoms with Gasteiger partial charge in [-0.2, -0.15) is 14.8 Å². The number of rotatable bonds is 7. The molecule has 2 N–H and O–H groups in total. The van der Waals surface area contributed by atoms with Gasteiger partial charge >= 0.3 is 5.97 Å². The number of nitriles is 2. The van der Waals surface area contributed by atoms with E-state index >= 15 is 0 Å². The van der Waals surface area contributed by atoms with E-state index in [1.54, 1.807) is 0 Å². The van der Waals surface area contributed by atoms with Crippen molar-refractivity contribution in [1.29, 1.82) is 10.5 Å². The van der Waals surface area contributed by atoms with Crippen molar-refractivity contribution in [3.8, 4) is 12.1 Å². The molecule has 0 aromatic heterocycles. The fraction of sp³-hybridized carbons (Fsp3) is 0.158. The highest BCUT2D eigenvalue weighted by molar-refractivity contribution is 7.89. The number of carboxylic acid groups (broad SMARTS) is 1. The molecule has 0 spiro atoms. The summed E-state index contributed by atoms with van der Waals surface area (Å²) in [5.74, 6) is -2.04. The second kappa shape index (κ2) is 8.97.